The number of anilines is 2. The first-order valence-corrected chi connectivity index (χ1v) is 6.52. The molecule has 9 heteroatoms. The van der Waals surface area contributed by atoms with E-state index in [9.17, 15) is 12.8 Å². The van der Waals surface area contributed by atoms with Crippen molar-refractivity contribution in [2.75, 3.05) is 10.5 Å². The van der Waals surface area contributed by atoms with Crippen LogP contribution in [0.25, 0.3) is 0 Å². The standard InChI is InChI=1S/C9H8ClFN4O2S/c10-7-1-5(12)2-8(9(7)11)18(16,17)15-6-3-13-14-4-6/h1-4,15H,12H2,(H,13,14). The zero-order chi connectivity index (χ0) is 13.3. The Labute approximate surface area is 107 Å². The van der Waals surface area contributed by atoms with Crippen LogP contribution in [0.2, 0.25) is 5.02 Å². The summed E-state index contributed by atoms with van der Waals surface area (Å²) in [5.41, 5.74) is 5.66. The SMILES string of the molecule is Nc1cc(Cl)c(F)c(S(=O)(=O)Nc2cn[nH]c2)c1. The highest BCUT2D eigenvalue weighted by Gasteiger charge is 2.22. The molecule has 2 rings (SSSR count). The molecule has 1 aromatic heterocycles. The zero-order valence-electron chi connectivity index (χ0n) is 8.81. The lowest BCUT2D eigenvalue weighted by atomic mass is 10.3. The highest BCUT2D eigenvalue weighted by Crippen LogP contribution is 2.26. The Kier molecular flexibility index (Phi) is 3.14. The molecule has 1 aromatic carbocycles. The Balaban J connectivity index is 2.48. The van der Waals surface area contributed by atoms with Gasteiger partial charge in [0, 0.05) is 11.9 Å². The number of sulfonamides is 1. The molecule has 18 heavy (non-hydrogen) atoms. The van der Waals surface area contributed by atoms with Crippen LogP contribution in [0.15, 0.2) is 29.4 Å². The molecule has 0 atom stereocenters. The third kappa shape index (κ3) is 2.39. The van der Waals surface area contributed by atoms with Crippen LogP contribution in [0.1, 0.15) is 0 Å². The molecular formula is C9H8ClFN4O2S. The first-order chi connectivity index (χ1) is 8.40. The summed E-state index contributed by atoms with van der Waals surface area (Å²) in [6.07, 6.45) is 2.55. The Morgan fingerprint density at radius 1 is 1.44 bits per heavy atom. The predicted octanol–water partition coefficient (Wildman–Crippen LogP) is 1.59. The minimum Gasteiger partial charge on any atom is -0.399 e. The molecule has 2 aromatic rings. The number of nitrogens with one attached hydrogen (secondary N) is 2. The van der Waals surface area contributed by atoms with Crippen molar-refractivity contribution in [1.29, 1.82) is 0 Å². The van der Waals surface area contributed by atoms with E-state index in [4.69, 9.17) is 17.3 Å². The molecule has 1 heterocycles. The number of H-pyrrole nitrogens is 1. The molecule has 0 unspecified atom stereocenters. The van der Waals surface area contributed by atoms with Crippen LogP contribution in [0, 0.1) is 5.82 Å². The summed E-state index contributed by atoms with van der Waals surface area (Å²) < 4.78 is 39.6. The van der Waals surface area contributed by atoms with Gasteiger partial charge in [0.15, 0.2) is 5.82 Å². The van der Waals surface area contributed by atoms with Crippen molar-refractivity contribution < 1.29 is 12.8 Å². The summed E-state index contributed by atoms with van der Waals surface area (Å²) in [5.74, 6) is -1.05. The van der Waals surface area contributed by atoms with E-state index in [0.29, 0.717) is 0 Å². The second kappa shape index (κ2) is 4.46. The van der Waals surface area contributed by atoms with Gasteiger partial charge < -0.3 is 5.73 Å². The second-order valence-corrected chi connectivity index (χ2v) is 5.47. The van der Waals surface area contributed by atoms with E-state index in [1.165, 1.54) is 12.4 Å². The quantitative estimate of drug-likeness (QED) is 0.747. The molecule has 0 saturated heterocycles. The Morgan fingerprint density at radius 2 is 2.17 bits per heavy atom. The van der Waals surface area contributed by atoms with Crippen molar-refractivity contribution in [2.24, 2.45) is 0 Å². The number of aromatic nitrogens is 2. The van der Waals surface area contributed by atoms with Gasteiger partial charge in [0.2, 0.25) is 0 Å². The summed E-state index contributed by atoms with van der Waals surface area (Å²) in [4.78, 5) is -0.617. The van der Waals surface area contributed by atoms with Gasteiger partial charge in [-0.2, -0.15) is 5.10 Å². The molecule has 0 saturated carbocycles. The summed E-state index contributed by atoms with van der Waals surface area (Å²) >= 11 is 5.54. The molecule has 0 spiro atoms. The first-order valence-electron chi connectivity index (χ1n) is 4.66. The van der Waals surface area contributed by atoms with Crippen LogP contribution < -0.4 is 10.5 Å². The van der Waals surface area contributed by atoms with Crippen molar-refractivity contribution in [3.05, 3.63) is 35.4 Å². The maximum atomic E-state index is 13.7. The fraction of sp³-hybridized carbons (Fsp3) is 0. The van der Waals surface area contributed by atoms with Gasteiger partial charge in [-0.05, 0) is 12.1 Å². The molecule has 0 aliphatic heterocycles. The third-order valence-electron chi connectivity index (χ3n) is 2.06. The molecule has 0 radical (unpaired) electrons. The first kappa shape index (κ1) is 12.7. The van der Waals surface area contributed by atoms with Crippen molar-refractivity contribution >= 4 is 33.0 Å². The fourth-order valence-corrected chi connectivity index (χ4v) is 2.75. The summed E-state index contributed by atoms with van der Waals surface area (Å²) in [6.45, 7) is 0. The molecule has 96 valence electrons. The minimum absolute atomic E-state index is 0.0500. The van der Waals surface area contributed by atoms with E-state index in [1.54, 1.807) is 0 Å². The van der Waals surface area contributed by atoms with Gasteiger partial charge in [-0.25, -0.2) is 12.8 Å². The van der Waals surface area contributed by atoms with Crippen LogP contribution in [0.5, 0.6) is 0 Å². The van der Waals surface area contributed by atoms with Gasteiger partial charge in [-0.15, -0.1) is 0 Å². The summed E-state index contributed by atoms with van der Waals surface area (Å²) in [5, 5.41) is 5.62. The minimum atomic E-state index is -4.11. The maximum absolute atomic E-state index is 13.7. The third-order valence-corrected chi connectivity index (χ3v) is 3.71. The van der Waals surface area contributed by atoms with E-state index in [1.807, 2.05) is 0 Å². The molecule has 0 aliphatic rings. The Hall–Kier alpha value is -1.80. The van der Waals surface area contributed by atoms with Crippen LogP contribution in [0.4, 0.5) is 15.8 Å². The highest BCUT2D eigenvalue weighted by atomic mass is 35.5. The predicted molar refractivity (Wildman–Crippen MR) is 65.2 cm³/mol. The fourth-order valence-electron chi connectivity index (χ4n) is 1.30. The maximum Gasteiger partial charge on any atom is 0.265 e. The van der Waals surface area contributed by atoms with Gasteiger partial charge in [0.25, 0.3) is 10.0 Å². The average molecular weight is 291 g/mol. The lowest BCUT2D eigenvalue weighted by Gasteiger charge is -2.08. The van der Waals surface area contributed by atoms with Crippen LogP contribution >= 0.6 is 11.6 Å². The number of aromatic amines is 1. The van der Waals surface area contributed by atoms with Crippen molar-refractivity contribution in [3.8, 4) is 0 Å². The molecule has 6 nitrogen and oxygen atoms in total. The van der Waals surface area contributed by atoms with Crippen molar-refractivity contribution in [2.45, 2.75) is 4.90 Å². The number of nitrogens with zero attached hydrogens (tertiary/aromatic N) is 1. The van der Waals surface area contributed by atoms with Crippen LogP contribution in [-0.2, 0) is 10.0 Å². The number of nitrogens with two attached hydrogens (primary N) is 1. The van der Waals surface area contributed by atoms with Gasteiger partial charge in [0.05, 0.1) is 16.9 Å². The monoisotopic (exact) mass is 290 g/mol. The molecule has 4 N–H and O–H groups in total. The molecule has 0 amide bonds. The lowest BCUT2D eigenvalue weighted by Crippen LogP contribution is -2.14. The summed E-state index contributed by atoms with van der Waals surface area (Å²) in [6, 6.07) is 2.12. The van der Waals surface area contributed by atoms with Crippen LogP contribution in [0.3, 0.4) is 0 Å². The van der Waals surface area contributed by atoms with Gasteiger partial charge in [0.1, 0.15) is 4.90 Å². The zero-order valence-corrected chi connectivity index (χ0v) is 10.4. The van der Waals surface area contributed by atoms with E-state index in [2.05, 4.69) is 14.9 Å². The second-order valence-electron chi connectivity index (χ2n) is 3.41. The Morgan fingerprint density at radius 3 is 2.78 bits per heavy atom. The smallest absolute Gasteiger partial charge is 0.265 e. The van der Waals surface area contributed by atoms with Crippen LogP contribution in [-0.4, -0.2) is 18.6 Å². The number of hydrogen-bond acceptors (Lipinski definition) is 4. The van der Waals surface area contributed by atoms with Gasteiger partial charge in [-0.3, -0.25) is 9.82 Å². The number of halogens is 2. The number of nitrogen functional groups attached to an aromatic ring is 1. The Bertz CT molecular complexity index is 672. The number of benzene rings is 1. The normalized spacial score (nSPS) is 11.4. The topological polar surface area (TPSA) is 101 Å². The van der Waals surface area contributed by atoms with E-state index >= 15 is 0 Å². The van der Waals surface area contributed by atoms with E-state index in [-0.39, 0.29) is 16.4 Å². The molecule has 0 bridgehead atoms. The van der Waals surface area contributed by atoms with Gasteiger partial charge >= 0.3 is 0 Å². The summed E-state index contributed by atoms with van der Waals surface area (Å²) in [7, 11) is -4.11. The van der Waals surface area contributed by atoms with E-state index in [0.717, 1.165) is 12.1 Å². The van der Waals surface area contributed by atoms with Crippen molar-refractivity contribution in [3.63, 3.8) is 0 Å². The van der Waals surface area contributed by atoms with E-state index < -0.39 is 20.7 Å². The molecular weight excluding hydrogens is 283 g/mol. The lowest BCUT2D eigenvalue weighted by molar-refractivity contribution is 0.571. The van der Waals surface area contributed by atoms with Gasteiger partial charge in [-0.1, -0.05) is 11.6 Å². The highest BCUT2D eigenvalue weighted by molar-refractivity contribution is 7.92. The number of rotatable bonds is 3. The average Bonchev–Trinajstić information content (AvgIpc) is 2.75. The largest absolute Gasteiger partial charge is 0.399 e. The molecule has 0 aliphatic carbocycles. The number of hydrogen-bond donors (Lipinski definition) is 3. The van der Waals surface area contributed by atoms with Crippen molar-refractivity contribution in [1.82, 2.24) is 10.2 Å². The molecule has 0 fully saturated rings.